The standard InChI is InChI=1S/C19H21Cl2N3O3S/c1-14(19(25)22-16-5-3-2-4-6-16)23-9-11-24(12-10-23)28(26,27)18-13-15(20)7-8-17(18)21/h2-8,13-14H,9-12H2,1H3,(H,22,25). The minimum atomic E-state index is -3.74. The van der Waals surface area contributed by atoms with Crippen LogP contribution in [0.3, 0.4) is 0 Å². The number of piperazine rings is 1. The first-order valence-electron chi connectivity index (χ1n) is 8.84. The van der Waals surface area contributed by atoms with Crippen LogP contribution in [0.1, 0.15) is 6.92 Å². The van der Waals surface area contributed by atoms with E-state index in [0.717, 1.165) is 5.69 Å². The highest BCUT2D eigenvalue weighted by Crippen LogP contribution is 2.28. The van der Waals surface area contributed by atoms with Crippen LogP contribution in [0.2, 0.25) is 10.0 Å². The molecule has 1 atom stereocenters. The van der Waals surface area contributed by atoms with Gasteiger partial charge in [-0.3, -0.25) is 9.69 Å². The average Bonchev–Trinajstić information content (AvgIpc) is 2.70. The Kier molecular flexibility index (Phi) is 6.62. The molecule has 0 radical (unpaired) electrons. The van der Waals surface area contributed by atoms with Gasteiger partial charge in [-0.2, -0.15) is 4.31 Å². The molecule has 1 fully saturated rings. The smallest absolute Gasteiger partial charge is 0.244 e. The lowest BCUT2D eigenvalue weighted by Crippen LogP contribution is -2.53. The second-order valence-corrected chi connectivity index (χ2v) is 9.30. The molecule has 1 aliphatic heterocycles. The monoisotopic (exact) mass is 441 g/mol. The highest BCUT2D eigenvalue weighted by Gasteiger charge is 2.33. The molecule has 150 valence electrons. The fourth-order valence-electron chi connectivity index (χ4n) is 3.08. The molecule has 1 saturated heterocycles. The Bertz CT molecular complexity index is 946. The fourth-order valence-corrected chi connectivity index (χ4v) is 5.24. The lowest BCUT2D eigenvalue weighted by atomic mass is 10.2. The molecule has 28 heavy (non-hydrogen) atoms. The van der Waals surface area contributed by atoms with E-state index in [-0.39, 0.29) is 35.0 Å². The largest absolute Gasteiger partial charge is 0.325 e. The second kappa shape index (κ2) is 8.80. The van der Waals surface area contributed by atoms with Gasteiger partial charge in [0.25, 0.3) is 0 Å². The number of anilines is 1. The van der Waals surface area contributed by atoms with Gasteiger partial charge in [-0.25, -0.2) is 8.42 Å². The minimum absolute atomic E-state index is 0.00462. The number of para-hydroxylation sites is 1. The lowest BCUT2D eigenvalue weighted by Gasteiger charge is -2.36. The van der Waals surface area contributed by atoms with Gasteiger partial charge in [-0.05, 0) is 37.3 Å². The summed E-state index contributed by atoms with van der Waals surface area (Å²) >= 11 is 12.0. The summed E-state index contributed by atoms with van der Waals surface area (Å²) in [6, 6.07) is 13.2. The van der Waals surface area contributed by atoms with E-state index in [4.69, 9.17) is 23.2 Å². The zero-order valence-electron chi connectivity index (χ0n) is 15.3. The average molecular weight is 442 g/mol. The van der Waals surface area contributed by atoms with Crippen LogP contribution in [0.5, 0.6) is 0 Å². The maximum atomic E-state index is 12.9. The number of nitrogens with one attached hydrogen (secondary N) is 1. The number of benzene rings is 2. The molecule has 0 aliphatic carbocycles. The van der Waals surface area contributed by atoms with Gasteiger partial charge in [-0.1, -0.05) is 41.4 Å². The molecular formula is C19H21Cl2N3O3S. The van der Waals surface area contributed by atoms with Crippen molar-refractivity contribution in [1.29, 1.82) is 0 Å². The Morgan fingerprint density at radius 2 is 1.68 bits per heavy atom. The Hall–Kier alpha value is -1.64. The third kappa shape index (κ3) is 4.67. The molecule has 0 saturated carbocycles. The number of sulfonamides is 1. The minimum Gasteiger partial charge on any atom is -0.325 e. The molecule has 2 aromatic carbocycles. The molecule has 1 aliphatic rings. The fraction of sp³-hybridized carbons (Fsp3) is 0.316. The summed E-state index contributed by atoms with van der Waals surface area (Å²) in [5.41, 5.74) is 0.733. The highest BCUT2D eigenvalue weighted by molar-refractivity contribution is 7.89. The third-order valence-corrected chi connectivity index (χ3v) is 7.37. The molecule has 1 unspecified atom stereocenters. The summed E-state index contributed by atoms with van der Waals surface area (Å²) in [5.74, 6) is -0.125. The van der Waals surface area contributed by atoms with Crippen molar-refractivity contribution in [3.63, 3.8) is 0 Å². The molecule has 9 heteroatoms. The van der Waals surface area contributed by atoms with Crippen LogP contribution in [0.25, 0.3) is 0 Å². The molecule has 6 nitrogen and oxygen atoms in total. The van der Waals surface area contributed by atoms with Crippen LogP contribution in [0, 0.1) is 0 Å². The van der Waals surface area contributed by atoms with Crippen molar-refractivity contribution in [2.75, 3.05) is 31.5 Å². The zero-order chi connectivity index (χ0) is 20.3. The number of amides is 1. The second-order valence-electron chi connectivity index (χ2n) is 6.55. The number of rotatable bonds is 5. The first-order valence-corrected chi connectivity index (χ1v) is 11.0. The van der Waals surface area contributed by atoms with Crippen molar-refractivity contribution in [2.45, 2.75) is 17.9 Å². The molecular weight excluding hydrogens is 421 g/mol. The van der Waals surface area contributed by atoms with E-state index in [1.807, 2.05) is 42.2 Å². The Morgan fingerprint density at radius 1 is 1.04 bits per heavy atom. The third-order valence-electron chi connectivity index (χ3n) is 4.75. The van der Waals surface area contributed by atoms with Gasteiger partial charge in [0, 0.05) is 36.9 Å². The van der Waals surface area contributed by atoms with Gasteiger partial charge in [0.1, 0.15) is 4.90 Å². The van der Waals surface area contributed by atoms with Crippen molar-refractivity contribution in [3.05, 3.63) is 58.6 Å². The van der Waals surface area contributed by atoms with Gasteiger partial charge in [0.2, 0.25) is 15.9 Å². The predicted molar refractivity (Wildman–Crippen MR) is 111 cm³/mol. The van der Waals surface area contributed by atoms with E-state index >= 15 is 0 Å². The Balaban J connectivity index is 1.63. The number of nitrogens with zero attached hydrogens (tertiary/aromatic N) is 2. The summed E-state index contributed by atoms with van der Waals surface area (Å²) in [6.07, 6.45) is 0. The SMILES string of the molecule is CC(C(=O)Nc1ccccc1)N1CCN(S(=O)(=O)c2cc(Cl)ccc2Cl)CC1. The van der Waals surface area contributed by atoms with Crippen LogP contribution in [0.4, 0.5) is 5.69 Å². The normalized spacial score (nSPS) is 17.2. The van der Waals surface area contributed by atoms with Gasteiger partial charge in [0.05, 0.1) is 11.1 Å². The summed E-state index contributed by atoms with van der Waals surface area (Å²) in [7, 11) is -3.74. The molecule has 3 rings (SSSR count). The molecule has 2 aromatic rings. The van der Waals surface area contributed by atoms with Crippen LogP contribution < -0.4 is 5.32 Å². The van der Waals surface area contributed by atoms with E-state index in [9.17, 15) is 13.2 Å². The molecule has 1 heterocycles. The van der Waals surface area contributed by atoms with Crippen LogP contribution >= 0.6 is 23.2 Å². The topological polar surface area (TPSA) is 69.7 Å². The van der Waals surface area contributed by atoms with E-state index in [2.05, 4.69) is 5.32 Å². The summed E-state index contributed by atoms with van der Waals surface area (Å²) in [6.45, 7) is 3.25. The van der Waals surface area contributed by atoms with Gasteiger partial charge in [-0.15, -0.1) is 0 Å². The van der Waals surface area contributed by atoms with E-state index in [1.165, 1.54) is 16.4 Å². The first kappa shape index (κ1) is 21.1. The summed E-state index contributed by atoms with van der Waals surface area (Å²) in [5, 5.41) is 3.33. The number of hydrogen-bond donors (Lipinski definition) is 1. The molecule has 0 spiro atoms. The number of halogens is 2. The van der Waals surface area contributed by atoms with Crippen molar-refractivity contribution >= 4 is 44.8 Å². The highest BCUT2D eigenvalue weighted by atomic mass is 35.5. The van der Waals surface area contributed by atoms with Crippen molar-refractivity contribution in [3.8, 4) is 0 Å². The number of hydrogen-bond acceptors (Lipinski definition) is 4. The lowest BCUT2D eigenvalue weighted by molar-refractivity contribution is -0.121. The predicted octanol–water partition coefficient (Wildman–Crippen LogP) is 3.33. The molecule has 1 N–H and O–H groups in total. The van der Waals surface area contributed by atoms with Crippen LogP contribution in [-0.4, -0.2) is 55.8 Å². The zero-order valence-corrected chi connectivity index (χ0v) is 17.6. The van der Waals surface area contributed by atoms with Crippen LogP contribution in [0.15, 0.2) is 53.4 Å². The van der Waals surface area contributed by atoms with E-state index in [1.54, 1.807) is 6.07 Å². The Labute approximate surface area is 175 Å². The number of carbonyl (C=O) groups is 1. The van der Waals surface area contributed by atoms with E-state index in [0.29, 0.717) is 18.1 Å². The molecule has 0 aromatic heterocycles. The molecule has 1 amide bonds. The first-order chi connectivity index (χ1) is 13.3. The maximum absolute atomic E-state index is 12.9. The van der Waals surface area contributed by atoms with Gasteiger partial charge >= 0.3 is 0 Å². The van der Waals surface area contributed by atoms with Crippen LogP contribution in [-0.2, 0) is 14.8 Å². The van der Waals surface area contributed by atoms with Crippen molar-refractivity contribution in [2.24, 2.45) is 0 Å². The quantitative estimate of drug-likeness (QED) is 0.772. The number of carbonyl (C=O) groups excluding carboxylic acids is 1. The van der Waals surface area contributed by atoms with Gasteiger partial charge in [0.15, 0.2) is 0 Å². The van der Waals surface area contributed by atoms with E-state index < -0.39 is 10.0 Å². The maximum Gasteiger partial charge on any atom is 0.244 e. The Morgan fingerprint density at radius 3 is 2.32 bits per heavy atom. The summed E-state index contributed by atoms with van der Waals surface area (Å²) < 4.78 is 27.2. The summed E-state index contributed by atoms with van der Waals surface area (Å²) in [4.78, 5) is 14.4. The molecule has 0 bridgehead atoms. The van der Waals surface area contributed by atoms with Crippen molar-refractivity contribution < 1.29 is 13.2 Å². The van der Waals surface area contributed by atoms with Crippen molar-refractivity contribution in [1.82, 2.24) is 9.21 Å². The van der Waals surface area contributed by atoms with Gasteiger partial charge < -0.3 is 5.32 Å².